The molecule has 0 aliphatic carbocycles. The number of aromatic nitrogens is 6. The maximum Gasteiger partial charge on any atom is 0.174 e. The lowest BCUT2D eigenvalue weighted by Gasteiger charge is -2.32. The summed E-state index contributed by atoms with van der Waals surface area (Å²) in [6.07, 6.45) is 5.50. The third kappa shape index (κ3) is 5.23. The van der Waals surface area contributed by atoms with E-state index >= 15 is 0 Å². The van der Waals surface area contributed by atoms with Crippen LogP contribution in [0, 0.1) is 5.92 Å². The Morgan fingerprint density at radius 3 is 2.56 bits per heavy atom. The zero-order chi connectivity index (χ0) is 21.8. The average molecular weight is 437 g/mol. The van der Waals surface area contributed by atoms with Gasteiger partial charge in [0.2, 0.25) is 0 Å². The lowest BCUT2D eigenvalue weighted by Crippen LogP contribution is -2.43. The van der Waals surface area contributed by atoms with Crippen LogP contribution >= 0.6 is 0 Å². The Labute approximate surface area is 189 Å². The Bertz CT molecular complexity index is 987. The van der Waals surface area contributed by atoms with E-state index in [0.29, 0.717) is 12.5 Å². The summed E-state index contributed by atoms with van der Waals surface area (Å²) in [5.74, 6) is 2.24. The Kier molecular flexibility index (Phi) is 6.56. The molecule has 0 spiro atoms. The molecule has 2 saturated heterocycles. The SMILES string of the molecule is CN1CCN(Cc2cccc(-c3nc(Cn4nccn4)nn3CC3CCOCC3)c2)CC1. The van der Waals surface area contributed by atoms with Crippen molar-refractivity contribution in [3.63, 3.8) is 0 Å². The van der Waals surface area contributed by atoms with Crippen molar-refractivity contribution in [2.75, 3.05) is 46.4 Å². The molecule has 9 nitrogen and oxygen atoms in total. The van der Waals surface area contributed by atoms with Crippen molar-refractivity contribution in [3.05, 3.63) is 48.0 Å². The standard InChI is InChI=1S/C23H32N8O/c1-28-9-11-29(12-10-28)16-20-3-2-4-21(15-20)23-26-22(18-31-24-7-8-25-31)27-30(23)17-19-5-13-32-14-6-19/h2-4,7-8,15,19H,5-6,9-14,16-18H2,1H3. The molecule has 2 aliphatic rings. The van der Waals surface area contributed by atoms with Gasteiger partial charge in [-0.2, -0.15) is 20.1 Å². The molecule has 0 unspecified atom stereocenters. The summed E-state index contributed by atoms with van der Waals surface area (Å²) in [5, 5.41) is 13.3. The van der Waals surface area contributed by atoms with Crippen LogP contribution < -0.4 is 0 Å². The zero-order valence-electron chi connectivity index (χ0n) is 18.8. The van der Waals surface area contributed by atoms with Crippen LogP contribution in [0.5, 0.6) is 0 Å². The maximum atomic E-state index is 5.55. The molecule has 2 aromatic heterocycles. The van der Waals surface area contributed by atoms with Crippen molar-refractivity contribution in [2.45, 2.75) is 32.5 Å². The molecule has 2 aliphatic heterocycles. The third-order valence-corrected chi connectivity index (χ3v) is 6.42. The lowest BCUT2D eigenvalue weighted by atomic mass is 10.0. The van der Waals surface area contributed by atoms with E-state index in [-0.39, 0.29) is 0 Å². The lowest BCUT2D eigenvalue weighted by molar-refractivity contribution is 0.0602. The smallest absolute Gasteiger partial charge is 0.174 e. The predicted molar refractivity (Wildman–Crippen MR) is 121 cm³/mol. The van der Waals surface area contributed by atoms with E-state index in [1.54, 1.807) is 17.2 Å². The fourth-order valence-electron chi connectivity index (χ4n) is 4.49. The number of nitrogens with zero attached hydrogens (tertiary/aromatic N) is 8. The number of ether oxygens (including phenoxy) is 1. The van der Waals surface area contributed by atoms with Gasteiger partial charge in [-0.15, -0.1) is 0 Å². The molecule has 0 bridgehead atoms. The van der Waals surface area contributed by atoms with Gasteiger partial charge < -0.3 is 9.64 Å². The van der Waals surface area contributed by atoms with E-state index in [4.69, 9.17) is 14.8 Å². The van der Waals surface area contributed by atoms with Gasteiger partial charge in [0.05, 0.1) is 12.4 Å². The van der Waals surface area contributed by atoms with Crippen LogP contribution in [0.2, 0.25) is 0 Å². The number of piperazine rings is 1. The van der Waals surface area contributed by atoms with Crippen molar-refractivity contribution in [1.29, 1.82) is 0 Å². The maximum absolute atomic E-state index is 5.55. The highest BCUT2D eigenvalue weighted by molar-refractivity contribution is 5.56. The third-order valence-electron chi connectivity index (χ3n) is 6.42. The van der Waals surface area contributed by atoms with Gasteiger partial charge in [0, 0.05) is 58.0 Å². The van der Waals surface area contributed by atoms with Gasteiger partial charge in [-0.1, -0.05) is 18.2 Å². The molecule has 32 heavy (non-hydrogen) atoms. The van der Waals surface area contributed by atoms with Gasteiger partial charge in [0.25, 0.3) is 0 Å². The van der Waals surface area contributed by atoms with Crippen LogP contribution in [-0.2, 0) is 24.4 Å². The second-order valence-corrected chi connectivity index (χ2v) is 8.93. The van der Waals surface area contributed by atoms with Gasteiger partial charge in [0.15, 0.2) is 11.6 Å². The van der Waals surface area contributed by atoms with Crippen molar-refractivity contribution in [3.8, 4) is 11.4 Å². The Balaban J connectivity index is 1.38. The van der Waals surface area contributed by atoms with Crippen molar-refractivity contribution in [2.24, 2.45) is 5.92 Å². The molecule has 3 aromatic rings. The second kappa shape index (κ2) is 9.89. The topological polar surface area (TPSA) is 77.1 Å². The van der Waals surface area contributed by atoms with Crippen molar-refractivity contribution >= 4 is 0 Å². The van der Waals surface area contributed by atoms with Gasteiger partial charge in [-0.05, 0) is 37.4 Å². The van der Waals surface area contributed by atoms with Crippen LogP contribution in [0.3, 0.4) is 0 Å². The molecule has 170 valence electrons. The van der Waals surface area contributed by atoms with Crippen LogP contribution in [0.15, 0.2) is 36.7 Å². The molecule has 0 radical (unpaired) electrons. The van der Waals surface area contributed by atoms with Gasteiger partial charge in [0.1, 0.15) is 6.54 Å². The van der Waals surface area contributed by atoms with E-state index in [0.717, 1.165) is 82.5 Å². The summed E-state index contributed by atoms with van der Waals surface area (Å²) in [7, 11) is 2.19. The fourth-order valence-corrected chi connectivity index (χ4v) is 4.49. The van der Waals surface area contributed by atoms with Gasteiger partial charge in [-0.3, -0.25) is 4.90 Å². The van der Waals surface area contributed by atoms with Crippen LogP contribution in [0.1, 0.15) is 24.2 Å². The van der Waals surface area contributed by atoms with Crippen molar-refractivity contribution < 1.29 is 4.74 Å². The molecule has 0 atom stereocenters. The largest absolute Gasteiger partial charge is 0.381 e. The normalized spacial score (nSPS) is 18.9. The Morgan fingerprint density at radius 1 is 1.00 bits per heavy atom. The number of likely N-dealkylation sites (N-methyl/N-ethyl adjacent to an activating group) is 1. The number of benzene rings is 1. The van der Waals surface area contributed by atoms with E-state index < -0.39 is 0 Å². The molecule has 1 aromatic carbocycles. The highest BCUT2D eigenvalue weighted by Crippen LogP contribution is 2.24. The Hall–Kier alpha value is -2.62. The monoisotopic (exact) mass is 436 g/mol. The number of rotatable bonds is 7. The summed E-state index contributed by atoms with van der Waals surface area (Å²) in [5.41, 5.74) is 2.44. The molecule has 5 rings (SSSR count). The minimum absolute atomic E-state index is 0.474. The minimum atomic E-state index is 0.474. The molecule has 0 saturated carbocycles. The quantitative estimate of drug-likeness (QED) is 0.559. The highest BCUT2D eigenvalue weighted by Gasteiger charge is 2.20. The second-order valence-electron chi connectivity index (χ2n) is 8.93. The molecule has 2 fully saturated rings. The summed E-state index contributed by atoms with van der Waals surface area (Å²) < 4.78 is 7.64. The van der Waals surface area contributed by atoms with E-state index in [1.807, 2.05) is 0 Å². The van der Waals surface area contributed by atoms with Gasteiger partial charge >= 0.3 is 0 Å². The first-order valence-electron chi connectivity index (χ1n) is 11.6. The molecule has 4 heterocycles. The van der Waals surface area contributed by atoms with Crippen LogP contribution in [-0.4, -0.2) is 86.0 Å². The first kappa shape index (κ1) is 21.2. The van der Waals surface area contributed by atoms with E-state index in [1.165, 1.54) is 5.56 Å². The van der Waals surface area contributed by atoms with E-state index in [9.17, 15) is 0 Å². The molecule has 0 N–H and O–H groups in total. The zero-order valence-corrected chi connectivity index (χ0v) is 18.8. The first-order valence-corrected chi connectivity index (χ1v) is 11.6. The van der Waals surface area contributed by atoms with Crippen LogP contribution in [0.4, 0.5) is 0 Å². The van der Waals surface area contributed by atoms with Crippen LogP contribution in [0.25, 0.3) is 11.4 Å². The van der Waals surface area contributed by atoms with Crippen molar-refractivity contribution in [1.82, 2.24) is 39.6 Å². The van der Waals surface area contributed by atoms with Gasteiger partial charge in [-0.25, -0.2) is 9.67 Å². The fraction of sp³-hybridized carbons (Fsp3) is 0.565. The number of hydrogen-bond donors (Lipinski definition) is 0. The number of hydrogen-bond acceptors (Lipinski definition) is 7. The molecular formula is C23H32N8O. The summed E-state index contributed by atoms with van der Waals surface area (Å²) in [6, 6.07) is 8.78. The molecule has 9 heteroatoms. The summed E-state index contributed by atoms with van der Waals surface area (Å²) in [6.45, 7) is 8.46. The Morgan fingerprint density at radius 2 is 1.78 bits per heavy atom. The highest BCUT2D eigenvalue weighted by atomic mass is 16.5. The first-order chi connectivity index (χ1) is 15.7. The van der Waals surface area contributed by atoms with E-state index in [2.05, 4.69) is 56.0 Å². The predicted octanol–water partition coefficient (Wildman–Crippen LogP) is 1.76. The molecule has 0 amide bonds. The molecular weight excluding hydrogens is 404 g/mol. The minimum Gasteiger partial charge on any atom is -0.381 e. The summed E-state index contributed by atoms with van der Waals surface area (Å²) >= 11 is 0. The summed E-state index contributed by atoms with van der Waals surface area (Å²) in [4.78, 5) is 11.5. The average Bonchev–Trinajstić information content (AvgIpc) is 3.47.